The maximum Gasteiger partial charge on any atom is 0.340 e. The normalized spacial score (nSPS) is 13.8. The molecule has 1 saturated heterocycles. The molecule has 76 heavy (non-hydrogen) atoms. The molecule has 0 atom stereocenters. The average molecular weight is 1090 g/mol. The van der Waals surface area contributed by atoms with Crippen molar-refractivity contribution in [2.75, 3.05) is 82.6 Å². The van der Waals surface area contributed by atoms with Crippen molar-refractivity contribution in [2.45, 2.75) is 50.7 Å². The monoisotopic (exact) mass is 1090 g/mol. The summed E-state index contributed by atoms with van der Waals surface area (Å²) in [6.45, 7) is 8.51. The Balaban J connectivity index is 0.000000188. The summed E-state index contributed by atoms with van der Waals surface area (Å²) in [5.74, 6) is 2.31. The number of aromatic nitrogens is 4. The summed E-state index contributed by atoms with van der Waals surface area (Å²) in [4.78, 5) is 33.7. The van der Waals surface area contributed by atoms with Crippen LogP contribution in [0.5, 0.6) is 17.4 Å². The number of halogens is 2. The van der Waals surface area contributed by atoms with Crippen molar-refractivity contribution in [1.29, 1.82) is 0 Å². The molecule has 4 N–H and O–H groups in total. The summed E-state index contributed by atoms with van der Waals surface area (Å²) in [5.41, 5.74) is 22.6. The third kappa shape index (κ3) is 13.7. The Bertz CT molecular complexity index is 3270. The number of rotatable bonds is 18. The van der Waals surface area contributed by atoms with Crippen LogP contribution in [0.1, 0.15) is 38.9 Å². The number of hydrogen-bond donors (Lipinski definition) is 2. The molecule has 0 radical (unpaired) electrons. The standard InChI is InChI=1S/C30H36ClN5O5.C26H22ClN3O4S/c1-38-27(37)20-40-17-16-39-15-14-35-10-12-36(13-11-35)29-26-8-4-22-18-24(41-19-21-2-5-23(31)6-3-21)7-9-25(22)28(26)33-30(32)34-29;1-16-2-10-21(11-3-16)35(31,32)34-25-23-12-6-18-14-20(33-15-17-4-7-19(27)8-5-17)9-13-22(18)24(23)29-26(28)30-25/h2-3,5-7,9,18H,4,8,10-17,19-20H2,1H3,(H2,32,33,34);2-5,7-11,13-14H,6,12,15H2,1H3,(H2,28,29,30). The van der Waals surface area contributed by atoms with Crippen LogP contribution in [0, 0.1) is 6.92 Å². The zero-order valence-corrected chi connectivity index (χ0v) is 44.5. The fourth-order valence-electron chi connectivity index (χ4n) is 9.08. The van der Waals surface area contributed by atoms with E-state index in [1.54, 1.807) is 12.1 Å². The van der Waals surface area contributed by atoms with E-state index >= 15 is 0 Å². The van der Waals surface area contributed by atoms with Gasteiger partial charge in [-0.3, -0.25) is 4.90 Å². The van der Waals surface area contributed by atoms with E-state index in [0.29, 0.717) is 73.1 Å². The number of benzene rings is 5. The Hall–Kier alpha value is -7.06. The summed E-state index contributed by atoms with van der Waals surface area (Å²) in [5, 5.41) is 1.39. The molecule has 0 bridgehead atoms. The van der Waals surface area contributed by atoms with Crippen molar-refractivity contribution in [3.05, 3.63) is 158 Å². The lowest BCUT2D eigenvalue weighted by atomic mass is 9.88. The molecular formula is C56H58Cl2N8O9S. The number of hydrogen-bond acceptors (Lipinski definition) is 17. The lowest BCUT2D eigenvalue weighted by Gasteiger charge is -2.37. The minimum Gasteiger partial charge on any atom is -0.489 e. The van der Waals surface area contributed by atoms with E-state index in [-0.39, 0.29) is 29.3 Å². The van der Waals surface area contributed by atoms with Crippen LogP contribution >= 0.6 is 23.2 Å². The molecule has 17 nitrogen and oxygen atoms in total. The summed E-state index contributed by atoms with van der Waals surface area (Å²) < 4.78 is 58.6. The lowest BCUT2D eigenvalue weighted by molar-refractivity contribution is -0.146. The third-order valence-electron chi connectivity index (χ3n) is 13.1. The van der Waals surface area contributed by atoms with E-state index in [2.05, 4.69) is 46.6 Å². The van der Waals surface area contributed by atoms with Gasteiger partial charge < -0.3 is 44.2 Å². The molecule has 1 fully saturated rings. The second-order valence-electron chi connectivity index (χ2n) is 18.3. The van der Waals surface area contributed by atoms with E-state index in [4.69, 9.17) is 57.8 Å². The SMILES string of the molecule is COC(=O)COCCOCCN1CCN(c2nc(N)nc3c2CCc2cc(OCc4ccc(Cl)cc4)ccc2-3)CC1.Cc1ccc(S(=O)(=O)Oc2nc(N)nc3c2CCc2cc(OCc4ccc(Cl)cc4)ccc2-3)cc1. The van der Waals surface area contributed by atoms with Crippen LogP contribution in [-0.4, -0.2) is 105 Å². The molecule has 2 aliphatic carbocycles. The van der Waals surface area contributed by atoms with Gasteiger partial charge in [0.15, 0.2) is 0 Å². The second-order valence-corrected chi connectivity index (χ2v) is 20.8. The topological polar surface area (TPSA) is 217 Å². The van der Waals surface area contributed by atoms with Gasteiger partial charge in [0.05, 0.1) is 38.3 Å². The second kappa shape index (κ2) is 24.7. The van der Waals surface area contributed by atoms with Crippen LogP contribution in [0.3, 0.4) is 0 Å². The number of anilines is 3. The van der Waals surface area contributed by atoms with E-state index < -0.39 is 10.1 Å². The largest absolute Gasteiger partial charge is 0.489 e. The zero-order chi connectivity index (χ0) is 53.2. The zero-order valence-electron chi connectivity index (χ0n) is 42.2. The minimum atomic E-state index is -4.07. The molecule has 3 aliphatic rings. The van der Waals surface area contributed by atoms with Crippen molar-refractivity contribution in [3.63, 3.8) is 0 Å². The number of piperazine rings is 1. The molecule has 0 unspecified atom stereocenters. The third-order valence-corrected chi connectivity index (χ3v) is 14.9. The Kier molecular flexibility index (Phi) is 17.5. The summed E-state index contributed by atoms with van der Waals surface area (Å²) in [6, 6.07) is 33.5. The molecule has 20 heteroatoms. The molecule has 10 rings (SSSR count). The van der Waals surface area contributed by atoms with Crippen LogP contribution < -0.4 is 30.0 Å². The van der Waals surface area contributed by atoms with Gasteiger partial charge in [0, 0.05) is 65.0 Å². The van der Waals surface area contributed by atoms with E-state index in [9.17, 15) is 13.2 Å². The van der Waals surface area contributed by atoms with Gasteiger partial charge in [-0.1, -0.05) is 65.2 Å². The minimum absolute atomic E-state index is 0.0400. The number of aryl methyl sites for hydroxylation is 3. The first-order valence-corrected chi connectivity index (χ1v) is 27.0. The molecule has 2 aromatic heterocycles. The predicted molar refractivity (Wildman–Crippen MR) is 291 cm³/mol. The number of fused-ring (bicyclic) bond motifs is 6. The number of nitrogens with two attached hydrogens (primary N) is 2. The van der Waals surface area contributed by atoms with Gasteiger partial charge in [-0.2, -0.15) is 18.4 Å². The highest BCUT2D eigenvalue weighted by atomic mass is 35.5. The number of esters is 1. The Morgan fingerprint density at radius 3 is 1.75 bits per heavy atom. The Labute approximate surface area is 452 Å². The number of ether oxygens (including phenoxy) is 5. The fourth-order valence-corrected chi connectivity index (χ4v) is 10.2. The number of nitrogens with zero attached hydrogens (tertiary/aromatic N) is 6. The maximum absolute atomic E-state index is 12.9. The van der Waals surface area contributed by atoms with Crippen molar-refractivity contribution in [3.8, 4) is 39.9 Å². The first-order valence-electron chi connectivity index (χ1n) is 24.8. The molecule has 0 spiro atoms. The van der Waals surface area contributed by atoms with Gasteiger partial charge in [0.2, 0.25) is 17.8 Å². The lowest BCUT2D eigenvalue weighted by Crippen LogP contribution is -2.48. The number of methoxy groups -OCH3 is 1. The van der Waals surface area contributed by atoms with Gasteiger partial charge in [0.1, 0.15) is 42.0 Å². The van der Waals surface area contributed by atoms with Crippen LogP contribution in [-0.2, 0) is 68.0 Å². The van der Waals surface area contributed by atoms with Crippen LogP contribution in [0.25, 0.3) is 22.5 Å². The molecule has 3 heterocycles. The van der Waals surface area contributed by atoms with Gasteiger partial charge in [-0.25, -0.2) is 14.8 Å². The Morgan fingerprint density at radius 2 is 1.17 bits per heavy atom. The highest BCUT2D eigenvalue weighted by molar-refractivity contribution is 7.87. The van der Waals surface area contributed by atoms with Crippen molar-refractivity contribution < 1.29 is 41.1 Å². The van der Waals surface area contributed by atoms with Crippen LogP contribution in [0.2, 0.25) is 10.0 Å². The average Bonchev–Trinajstić information content (AvgIpc) is 3.43. The first-order chi connectivity index (χ1) is 36.8. The van der Waals surface area contributed by atoms with Gasteiger partial charge >= 0.3 is 16.1 Å². The highest BCUT2D eigenvalue weighted by Gasteiger charge is 2.29. The number of carbonyl (C=O) groups excluding carboxylic acids is 1. The summed E-state index contributed by atoms with van der Waals surface area (Å²) in [7, 11) is -2.74. The molecule has 0 amide bonds. The summed E-state index contributed by atoms with van der Waals surface area (Å²) in [6.07, 6.45) is 2.89. The van der Waals surface area contributed by atoms with Crippen LogP contribution in [0.4, 0.5) is 17.7 Å². The van der Waals surface area contributed by atoms with Gasteiger partial charge in [0.25, 0.3) is 0 Å². The fraction of sp³-hybridized carbons (Fsp3) is 0.304. The highest BCUT2D eigenvalue weighted by Crippen LogP contribution is 2.40. The first kappa shape index (κ1) is 53.8. The summed E-state index contributed by atoms with van der Waals surface area (Å²) >= 11 is 11.9. The molecule has 396 valence electrons. The predicted octanol–water partition coefficient (Wildman–Crippen LogP) is 8.52. The number of nitrogen functional groups attached to an aromatic ring is 2. The smallest absolute Gasteiger partial charge is 0.340 e. The van der Waals surface area contributed by atoms with Crippen molar-refractivity contribution in [1.82, 2.24) is 24.8 Å². The van der Waals surface area contributed by atoms with Crippen LogP contribution in [0.15, 0.2) is 114 Å². The molecule has 5 aromatic carbocycles. The van der Waals surface area contributed by atoms with Crippen molar-refractivity contribution in [2.24, 2.45) is 0 Å². The maximum atomic E-state index is 12.9. The molecule has 1 aliphatic heterocycles. The number of carbonyl (C=O) groups is 1. The van der Waals surface area contributed by atoms with Gasteiger partial charge in [-0.05, 0) is 128 Å². The van der Waals surface area contributed by atoms with E-state index in [1.807, 2.05) is 79.7 Å². The van der Waals surface area contributed by atoms with E-state index in [0.717, 1.165) is 108 Å². The molecule has 7 aromatic rings. The van der Waals surface area contributed by atoms with Gasteiger partial charge in [-0.15, -0.1) is 0 Å². The van der Waals surface area contributed by atoms with Crippen molar-refractivity contribution >= 4 is 57.0 Å². The van der Waals surface area contributed by atoms with E-state index in [1.165, 1.54) is 24.8 Å². The molecular weight excluding hydrogens is 1030 g/mol. The quantitative estimate of drug-likeness (QED) is 0.0468. The Morgan fingerprint density at radius 1 is 0.632 bits per heavy atom. The molecule has 0 saturated carbocycles.